The molecule has 0 aliphatic heterocycles. The van der Waals surface area contributed by atoms with Crippen molar-refractivity contribution in [3.63, 3.8) is 0 Å². The molecule has 0 aromatic heterocycles. The van der Waals surface area contributed by atoms with Crippen molar-refractivity contribution in [1.29, 1.82) is 0 Å². The Balaban J connectivity index is 0. The number of rotatable bonds is 0. The van der Waals surface area contributed by atoms with Gasteiger partial charge >= 0.3 is 155 Å². The van der Waals surface area contributed by atoms with E-state index in [1.54, 1.807) is 0 Å². The van der Waals surface area contributed by atoms with Gasteiger partial charge in [-0.15, -0.1) is 0 Å². The Labute approximate surface area is 215 Å². The summed E-state index contributed by atoms with van der Waals surface area (Å²) in [7, 11) is 0. The second kappa shape index (κ2) is 65.4. The molecule has 0 amide bonds. The van der Waals surface area contributed by atoms with Crippen molar-refractivity contribution in [1.82, 2.24) is 0 Å². The van der Waals surface area contributed by atoms with Gasteiger partial charge in [-0.3, -0.25) is 0 Å². The van der Waals surface area contributed by atoms with Crippen LogP contribution < -0.4 is 200 Å². The van der Waals surface area contributed by atoms with E-state index >= 15 is 0 Å². The summed E-state index contributed by atoms with van der Waals surface area (Å²) in [4.78, 5) is 0. The van der Waals surface area contributed by atoms with Gasteiger partial charge in [-0.1, -0.05) is 0 Å². The first-order valence-corrected chi connectivity index (χ1v) is 0. The van der Waals surface area contributed by atoms with E-state index in [0.717, 1.165) is 0 Å². The maximum absolute atomic E-state index is 0. The Morgan fingerprint density at radius 1 is 0.444 bits per heavy atom. The van der Waals surface area contributed by atoms with Crippen LogP contribution in [0.4, 0.5) is 0 Å². The minimum absolute atomic E-state index is 0. The summed E-state index contributed by atoms with van der Waals surface area (Å²) < 4.78 is 0. The number of hydrogen-bond acceptors (Lipinski definition) is 0. The van der Waals surface area contributed by atoms with Crippen LogP contribution in [0.3, 0.4) is 0 Å². The molecule has 0 aliphatic carbocycles. The van der Waals surface area contributed by atoms with Crippen LogP contribution in [0, 0.1) is 0 Å². The molecule has 0 aromatic rings. The van der Waals surface area contributed by atoms with Gasteiger partial charge in [0, 0.05) is 0 Å². The average Bonchev–Trinajstić information content (AvgIpc) is 0. The molecule has 2 N–H and O–H groups in total. The van der Waals surface area contributed by atoms with E-state index < -0.39 is 0 Å². The number of hydrogen-bond donors (Lipinski definition) is 0. The van der Waals surface area contributed by atoms with E-state index in [-0.39, 0.29) is 223 Å². The van der Waals surface area contributed by atoms with Gasteiger partial charge < -0.3 is 67.5 Å². The molecule has 0 atom stereocenters. The predicted molar refractivity (Wildman–Crippen MR) is 3.61 cm³/mol. The molecule has 0 unspecified atom stereocenters. The van der Waals surface area contributed by atoms with Crippen LogP contribution >= 0.6 is 0 Å². The Hall–Kier alpha value is 6.05. The van der Waals surface area contributed by atoms with Crippen molar-refractivity contribution < 1.29 is 223 Å². The smallest absolute Gasteiger partial charge is 1.00 e. The fourth-order valence-electron chi connectivity index (χ4n) is 0. The fraction of sp³-hybridized carbons (Fsp3) is 0. The third kappa shape index (κ3) is 55.8. The van der Waals surface area contributed by atoms with Crippen LogP contribution in [0.25, 0.3) is 0 Å². The zero-order valence-electron chi connectivity index (χ0n) is 4.80. The van der Waals surface area contributed by atoms with E-state index in [1.807, 2.05) is 0 Å². The van der Waals surface area contributed by atoms with Crippen molar-refractivity contribution in [3.8, 4) is 0 Å². The molecule has 0 rings (SSSR count). The Bertz CT molecular complexity index is 14.9. The van der Waals surface area contributed by atoms with E-state index in [1.165, 1.54) is 0 Å². The summed E-state index contributed by atoms with van der Waals surface area (Å²) in [5, 5.41) is 0. The first-order chi connectivity index (χ1) is 0. The van der Waals surface area contributed by atoms with E-state index in [4.69, 9.17) is 0 Å². The summed E-state index contributed by atoms with van der Waals surface area (Å²) >= 11 is 0. The molecule has 1 nitrogen and oxygen atoms in total. The first-order valence-electron chi connectivity index (χ1n) is 0. The average molecular weight is 513 g/mol. The summed E-state index contributed by atoms with van der Waals surface area (Å²) in [6.45, 7) is 0. The summed E-state index contributed by atoms with van der Waals surface area (Å²) in [6.07, 6.45) is 0. The molecule has 51 valence electrons. The molecule has 0 saturated carbocycles. The third-order valence-corrected chi connectivity index (χ3v) is 0. The van der Waals surface area contributed by atoms with Gasteiger partial charge in [0.05, 0.1) is 0 Å². The molecule has 0 aromatic carbocycles. The topological polar surface area (TPSA) is 31.5 Å². The van der Waals surface area contributed by atoms with Gasteiger partial charge in [0.25, 0.3) is 0 Å². The Kier molecular flexibility index (Phi) is 590. The second-order valence-corrected chi connectivity index (χ2v) is 0. The first kappa shape index (κ1) is 81.2. The number of halogens is 5. The van der Waals surface area contributed by atoms with Gasteiger partial charge in [-0.05, 0) is 0 Å². The molecule has 0 bridgehead atoms. The molecular formula is H2Cl5CrCs2O. The second-order valence-electron chi connectivity index (χ2n) is 0. The molecule has 9 heavy (non-hydrogen) atoms. The van der Waals surface area contributed by atoms with Gasteiger partial charge in [0.2, 0.25) is 0 Å². The van der Waals surface area contributed by atoms with Crippen LogP contribution in [-0.2, 0) is 17.4 Å². The maximum atomic E-state index is 0. The van der Waals surface area contributed by atoms with E-state index in [2.05, 4.69) is 0 Å². The molecule has 9 heteroatoms. The van der Waals surface area contributed by atoms with Gasteiger partial charge in [-0.2, -0.15) is 0 Å². The Morgan fingerprint density at radius 2 is 0.444 bits per heavy atom. The van der Waals surface area contributed by atoms with Crippen molar-refractivity contribution in [2.24, 2.45) is 0 Å². The molecule has 0 heterocycles. The predicted octanol–water partition coefficient (Wildman–Crippen LogP) is -21.8. The molecule has 1 radical (unpaired) electrons. The fourth-order valence-corrected chi connectivity index (χ4v) is 0. The minimum atomic E-state index is 0. The SMILES string of the molecule is O.[Cl-].[Cl-].[Cl-].[Cl-].[Cl-].[Cr+3].[Cs+].[Cs+]. The van der Waals surface area contributed by atoms with Crippen LogP contribution in [0.1, 0.15) is 0 Å². The van der Waals surface area contributed by atoms with Gasteiger partial charge in [0.15, 0.2) is 0 Å². The van der Waals surface area contributed by atoms with E-state index in [9.17, 15) is 0 Å². The normalized spacial score (nSPS) is 0. The van der Waals surface area contributed by atoms with Crippen LogP contribution in [0.2, 0.25) is 0 Å². The molecule has 0 aliphatic rings. The Morgan fingerprint density at radius 3 is 0.444 bits per heavy atom. The zero-order chi connectivity index (χ0) is 0. The van der Waals surface area contributed by atoms with Crippen molar-refractivity contribution in [2.45, 2.75) is 0 Å². The van der Waals surface area contributed by atoms with Gasteiger partial charge in [-0.25, -0.2) is 0 Å². The molecular weight excluding hydrogens is 511 g/mol. The third-order valence-electron chi connectivity index (χ3n) is 0. The van der Waals surface area contributed by atoms with Crippen molar-refractivity contribution in [2.75, 3.05) is 0 Å². The zero-order valence-corrected chi connectivity index (χ0v) is 22.4. The van der Waals surface area contributed by atoms with E-state index in [0.29, 0.717) is 0 Å². The van der Waals surface area contributed by atoms with Crippen LogP contribution in [-0.4, -0.2) is 5.48 Å². The summed E-state index contributed by atoms with van der Waals surface area (Å²) in [5.74, 6) is 0. The standard InChI is InChI=1S/5ClH.Cr.2Cs.H2O/h5*1H;;;;1H2/q;;;;;+3;2*+1;/p-5. The maximum Gasteiger partial charge on any atom is 3.00 e. The summed E-state index contributed by atoms with van der Waals surface area (Å²) in [5.41, 5.74) is 0. The summed E-state index contributed by atoms with van der Waals surface area (Å²) in [6, 6.07) is 0. The monoisotopic (exact) mass is 511 g/mol. The van der Waals surface area contributed by atoms with Crippen molar-refractivity contribution in [3.05, 3.63) is 0 Å². The van der Waals surface area contributed by atoms with Crippen molar-refractivity contribution >= 4 is 0 Å². The molecule has 0 fully saturated rings. The minimum Gasteiger partial charge on any atom is -1.00 e. The molecule has 0 spiro atoms. The van der Waals surface area contributed by atoms with Crippen LogP contribution in [0.5, 0.6) is 0 Å². The quantitative estimate of drug-likeness (QED) is 0.309. The van der Waals surface area contributed by atoms with Crippen LogP contribution in [0.15, 0.2) is 0 Å². The largest absolute Gasteiger partial charge is 3.00 e. The molecule has 0 saturated heterocycles. The van der Waals surface area contributed by atoms with Gasteiger partial charge in [0.1, 0.15) is 0 Å².